The molecule has 0 spiro atoms. The van der Waals surface area contributed by atoms with Gasteiger partial charge in [0.05, 0.1) is 0 Å². The molecule has 0 nitrogen and oxygen atoms in total. The van der Waals surface area contributed by atoms with Gasteiger partial charge in [-0.2, -0.15) is 13.2 Å². The fraction of sp³-hybridized carbons (Fsp3) is 0.727. The average Bonchev–Trinajstić information content (AvgIpc) is 2.61. The van der Waals surface area contributed by atoms with Crippen molar-refractivity contribution in [3.63, 3.8) is 0 Å². The summed E-state index contributed by atoms with van der Waals surface area (Å²) < 4.78 is 37.0. The monoisotopic (exact) mass is 352 g/mol. The van der Waals surface area contributed by atoms with Crippen molar-refractivity contribution in [2.45, 2.75) is 83.2 Å². The lowest BCUT2D eigenvalue weighted by molar-refractivity contribution is -0.133. The third-order valence-electron chi connectivity index (χ3n) is 6.65. The van der Waals surface area contributed by atoms with E-state index in [-0.39, 0.29) is 6.42 Å². The predicted molar refractivity (Wildman–Crippen MR) is 96.6 cm³/mol. The highest BCUT2D eigenvalue weighted by Gasteiger charge is 2.30. The van der Waals surface area contributed by atoms with Crippen LogP contribution in [0.1, 0.15) is 81.8 Å². The molecule has 0 saturated heterocycles. The van der Waals surface area contributed by atoms with Gasteiger partial charge in [0.2, 0.25) is 0 Å². The molecule has 25 heavy (non-hydrogen) atoms. The standard InChI is InChI=1S/C22H31F3/c1-16-2-6-18(7-3-16)20-10-12-21(13-11-20)19-8-4-17(5-9-19)14-15-22(23,24)25/h4-5,8-9,16,18,20-21H,2-3,6-7,10-15H2,1H3. The smallest absolute Gasteiger partial charge is 0.171 e. The van der Waals surface area contributed by atoms with Crippen LogP contribution in [0.3, 0.4) is 0 Å². The second kappa shape index (κ2) is 8.14. The number of rotatable bonds is 4. The highest BCUT2D eigenvalue weighted by molar-refractivity contribution is 5.26. The Morgan fingerprint density at radius 3 is 1.84 bits per heavy atom. The SMILES string of the molecule is CC1CCC(C2CCC(c3ccc(CCC(F)(F)F)cc3)CC2)CC1. The van der Waals surface area contributed by atoms with E-state index in [1.54, 1.807) is 0 Å². The zero-order chi connectivity index (χ0) is 17.9. The van der Waals surface area contributed by atoms with E-state index < -0.39 is 12.6 Å². The third kappa shape index (κ3) is 5.49. The number of hydrogen-bond donors (Lipinski definition) is 0. The third-order valence-corrected chi connectivity index (χ3v) is 6.65. The molecule has 0 atom stereocenters. The van der Waals surface area contributed by atoms with Gasteiger partial charge in [-0.1, -0.05) is 44.0 Å². The summed E-state index contributed by atoms with van der Waals surface area (Å²) in [5.74, 6) is 3.38. The lowest BCUT2D eigenvalue weighted by Crippen LogP contribution is -2.24. The van der Waals surface area contributed by atoms with Crippen molar-refractivity contribution in [1.29, 1.82) is 0 Å². The quantitative estimate of drug-likeness (QED) is 0.534. The van der Waals surface area contributed by atoms with Gasteiger partial charge in [0, 0.05) is 6.42 Å². The Balaban J connectivity index is 1.47. The Bertz CT molecular complexity index is 515. The Morgan fingerprint density at radius 2 is 1.32 bits per heavy atom. The summed E-state index contributed by atoms with van der Waals surface area (Å²) in [5.41, 5.74) is 2.12. The Morgan fingerprint density at radius 1 is 0.800 bits per heavy atom. The maximum atomic E-state index is 12.3. The zero-order valence-corrected chi connectivity index (χ0v) is 15.3. The van der Waals surface area contributed by atoms with Crippen LogP contribution >= 0.6 is 0 Å². The molecule has 0 radical (unpaired) electrons. The Labute approximate surface area is 150 Å². The molecular formula is C22H31F3. The summed E-state index contributed by atoms with van der Waals surface area (Å²) in [7, 11) is 0. The second-order valence-electron chi connectivity index (χ2n) is 8.49. The van der Waals surface area contributed by atoms with Gasteiger partial charge >= 0.3 is 6.18 Å². The molecule has 1 aromatic carbocycles. The van der Waals surface area contributed by atoms with E-state index in [1.807, 2.05) is 12.1 Å². The van der Waals surface area contributed by atoms with Gasteiger partial charge < -0.3 is 0 Å². The van der Waals surface area contributed by atoms with Crippen LogP contribution in [0.4, 0.5) is 13.2 Å². The van der Waals surface area contributed by atoms with Gasteiger partial charge in [0.25, 0.3) is 0 Å². The van der Waals surface area contributed by atoms with Crippen LogP contribution < -0.4 is 0 Å². The molecule has 3 rings (SSSR count). The van der Waals surface area contributed by atoms with E-state index in [0.29, 0.717) is 5.92 Å². The zero-order valence-electron chi connectivity index (χ0n) is 15.3. The lowest BCUT2D eigenvalue weighted by atomic mass is 9.68. The molecule has 140 valence electrons. The normalized spacial score (nSPS) is 31.0. The van der Waals surface area contributed by atoms with Crippen molar-refractivity contribution in [2.75, 3.05) is 0 Å². The Kier molecular flexibility index (Phi) is 6.12. The van der Waals surface area contributed by atoms with Gasteiger partial charge in [-0.25, -0.2) is 0 Å². The molecular weight excluding hydrogens is 321 g/mol. The largest absolute Gasteiger partial charge is 0.389 e. The van der Waals surface area contributed by atoms with Gasteiger partial charge in [-0.15, -0.1) is 0 Å². The van der Waals surface area contributed by atoms with Crippen LogP contribution in [-0.4, -0.2) is 6.18 Å². The van der Waals surface area contributed by atoms with E-state index in [1.165, 1.54) is 56.9 Å². The number of hydrogen-bond acceptors (Lipinski definition) is 0. The lowest BCUT2D eigenvalue weighted by Gasteiger charge is -2.37. The predicted octanol–water partition coefficient (Wildman–Crippen LogP) is 7.28. The van der Waals surface area contributed by atoms with E-state index in [4.69, 9.17) is 0 Å². The molecule has 0 heterocycles. The fourth-order valence-corrected chi connectivity index (χ4v) is 4.92. The number of halogens is 3. The first kappa shape index (κ1) is 18.8. The molecule has 2 aliphatic carbocycles. The number of benzene rings is 1. The topological polar surface area (TPSA) is 0 Å². The van der Waals surface area contributed by atoms with Crippen LogP contribution in [0.5, 0.6) is 0 Å². The first-order valence-electron chi connectivity index (χ1n) is 10.1. The molecule has 0 unspecified atom stereocenters. The highest BCUT2D eigenvalue weighted by Crippen LogP contribution is 2.43. The summed E-state index contributed by atoms with van der Waals surface area (Å²) >= 11 is 0. The van der Waals surface area contributed by atoms with Gasteiger partial charge in [-0.05, 0) is 79.7 Å². The molecule has 3 heteroatoms. The average molecular weight is 352 g/mol. The number of aryl methyl sites for hydroxylation is 1. The highest BCUT2D eigenvalue weighted by atomic mass is 19.4. The molecule has 1 aromatic rings. The maximum absolute atomic E-state index is 12.3. The van der Waals surface area contributed by atoms with E-state index in [0.717, 1.165) is 23.3 Å². The van der Waals surface area contributed by atoms with Crippen LogP contribution in [0, 0.1) is 17.8 Å². The molecule has 2 saturated carbocycles. The fourth-order valence-electron chi connectivity index (χ4n) is 4.92. The van der Waals surface area contributed by atoms with Crippen LogP contribution in [0.25, 0.3) is 0 Å². The van der Waals surface area contributed by atoms with E-state index in [9.17, 15) is 13.2 Å². The first-order chi connectivity index (χ1) is 11.9. The summed E-state index contributed by atoms with van der Waals surface area (Å²) in [6.07, 6.45) is 6.13. The molecule has 0 aromatic heterocycles. The minimum Gasteiger partial charge on any atom is -0.171 e. The van der Waals surface area contributed by atoms with Crippen molar-refractivity contribution in [3.8, 4) is 0 Å². The van der Waals surface area contributed by atoms with E-state index >= 15 is 0 Å². The first-order valence-corrected chi connectivity index (χ1v) is 10.1. The number of alkyl halides is 3. The van der Waals surface area contributed by atoms with Crippen LogP contribution in [-0.2, 0) is 6.42 Å². The molecule has 0 amide bonds. The second-order valence-corrected chi connectivity index (χ2v) is 8.49. The van der Waals surface area contributed by atoms with E-state index in [2.05, 4.69) is 19.1 Å². The molecule has 0 bridgehead atoms. The minimum atomic E-state index is -4.06. The molecule has 2 aliphatic rings. The van der Waals surface area contributed by atoms with Crippen molar-refractivity contribution >= 4 is 0 Å². The van der Waals surface area contributed by atoms with Gasteiger partial charge in [0.1, 0.15) is 0 Å². The maximum Gasteiger partial charge on any atom is 0.389 e. The summed E-state index contributed by atoms with van der Waals surface area (Å²) in [4.78, 5) is 0. The van der Waals surface area contributed by atoms with Crippen molar-refractivity contribution < 1.29 is 13.2 Å². The minimum absolute atomic E-state index is 0.0939. The van der Waals surface area contributed by atoms with Crippen molar-refractivity contribution in [3.05, 3.63) is 35.4 Å². The van der Waals surface area contributed by atoms with Crippen LogP contribution in [0.15, 0.2) is 24.3 Å². The molecule has 0 aliphatic heterocycles. The Hall–Kier alpha value is -0.990. The van der Waals surface area contributed by atoms with Gasteiger partial charge in [0.15, 0.2) is 0 Å². The van der Waals surface area contributed by atoms with Crippen LogP contribution in [0.2, 0.25) is 0 Å². The summed E-state index contributed by atoms with van der Waals surface area (Å²) in [6.45, 7) is 2.38. The van der Waals surface area contributed by atoms with Crippen molar-refractivity contribution in [1.82, 2.24) is 0 Å². The molecule has 0 N–H and O–H groups in total. The summed E-state index contributed by atoms with van der Waals surface area (Å²) in [6, 6.07) is 7.93. The van der Waals surface area contributed by atoms with Gasteiger partial charge in [-0.3, -0.25) is 0 Å². The molecule has 2 fully saturated rings. The summed E-state index contributed by atoms with van der Waals surface area (Å²) in [5, 5.41) is 0. The van der Waals surface area contributed by atoms with Crippen molar-refractivity contribution in [2.24, 2.45) is 17.8 Å².